The van der Waals surface area contributed by atoms with Crippen molar-refractivity contribution < 1.29 is 4.74 Å². The number of rotatable bonds is 4. The highest BCUT2D eigenvalue weighted by molar-refractivity contribution is 9.10. The van der Waals surface area contributed by atoms with E-state index >= 15 is 0 Å². The molecule has 2 rings (SSSR count). The molecule has 2 N–H and O–H groups in total. The lowest BCUT2D eigenvalue weighted by molar-refractivity contribution is 0.242. The third-order valence-corrected chi connectivity index (χ3v) is 4.88. The van der Waals surface area contributed by atoms with Gasteiger partial charge >= 0.3 is 0 Å². The first-order chi connectivity index (χ1) is 9.47. The lowest BCUT2D eigenvalue weighted by atomic mass is 10.3. The number of nitrogens with two attached hydrogens (primary N) is 1. The quantitative estimate of drug-likeness (QED) is 0.707. The largest absolute Gasteiger partial charge is 0.489 e. The molecule has 0 spiro atoms. The summed E-state index contributed by atoms with van der Waals surface area (Å²) in [7, 11) is 0. The molecule has 5 heteroatoms. The van der Waals surface area contributed by atoms with Crippen molar-refractivity contribution in [3.63, 3.8) is 0 Å². The second kappa shape index (κ2) is 6.74. The van der Waals surface area contributed by atoms with Gasteiger partial charge in [0.25, 0.3) is 0 Å². The number of anilines is 1. The Morgan fingerprint density at radius 3 is 2.55 bits per heavy atom. The number of nitrogen functional groups attached to an aromatic ring is 1. The molecule has 0 saturated heterocycles. The van der Waals surface area contributed by atoms with E-state index in [0.29, 0.717) is 16.5 Å². The van der Waals surface area contributed by atoms with Crippen LogP contribution in [0.1, 0.15) is 13.8 Å². The highest BCUT2D eigenvalue weighted by Crippen LogP contribution is 2.40. The first kappa shape index (κ1) is 15.5. The molecular formula is C15H15BrClNOS. The van der Waals surface area contributed by atoms with E-state index in [1.807, 2.05) is 44.2 Å². The normalized spacial score (nSPS) is 10.8. The average Bonchev–Trinajstić information content (AvgIpc) is 2.37. The van der Waals surface area contributed by atoms with Gasteiger partial charge in [0, 0.05) is 20.0 Å². The third kappa shape index (κ3) is 3.84. The molecule has 0 heterocycles. The minimum absolute atomic E-state index is 0.0671. The van der Waals surface area contributed by atoms with Crippen molar-refractivity contribution in [1.82, 2.24) is 0 Å². The fourth-order valence-electron chi connectivity index (χ4n) is 1.63. The van der Waals surface area contributed by atoms with Crippen molar-refractivity contribution in [2.45, 2.75) is 29.7 Å². The minimum atomic E-state index is 0.0671. The maximum absolute atomic E-state index is 6.16. The van der Waals surface area contributed by atoms with Crippen LogP contribution in [-0.4, -0.2) is 6.10 Å². The number of hydrogen-bond donors (Lipinski definition) is 1. The maximum atomic E-state index is 6.16. The van der Waals surface area contributed by atoms with Gasteiger partial charge < -0.3 is 10.5 Å². The highest BCUT2D eigenvalue weighted by Gasteiger charge is 2.11. The van der Waals surface area contributed by atoms with Crippen molar-refractivity contribution in [3.05, 3.63) is 45.9 Å². The molecule has 0 atom stereocenters. The van der Waals surface area contributed by atoms with E-state index in [1.165, 1.54) is 0 Å². The Bertz CT molecular complexity index is 619. The van der Waals surface area contributed by atoms with Crippen LogP contribution in [0.4, 0.5) is 5.69 Å². The third-order valence-electron chi connectivity index (χ3n) is 2.48. The second-order valence-electron chi connectivity index (χ2n) is 4.52. The van der Waals surface area contributed by atoms with Gasteiger partial charge in [-0.2, -0.15) is 0 Å². The monoisotopic (exact) mass is 371 g/mol. The van der Waals surface area contributed by atoms with Gasteiger partial charge in [0.15, 0.2) is 0 Å². The smallest absolute Gasteiger partial charge is 0.139 e. The van der Waals surface area contributed by atoms with Gasteiger partial charge in [-0.1, -0.05) is 35.5 Å². The predicted molar refractivity (Wildman–Crippen MR) is 89.9 cm³/mol. The number of ether oxygens (including phenoxy) is 1. The van der Waals surface area contributed by atoms with Gasteiger partial charge in [-0.3, -0.25) is 0 Å². The lowest BCUT2D eigenvalue weighted by Crippen LogP contribution is -2.06. The summed E-state index contributed by atoms with van der Waals surface area (Å²) in [6.45, 7) is 3.93. The summed E-state index contributed by atoms with van der Waals surface area (Å²) >= 11 is 11.3. The molecule has 0 saturated carbocycles. The summed E-state index contributed by atoms with van der Waals surface area (Å²) in [5.41, 5.74) is 6.69. The molecule has 0 radical (unpaired) electrons. The Morgan fingerprint density at radius 2 is 1.90 bits per heavy atom. The van der Waals surface area contributed by atoms with Crippen LogP contribution in [0, 0.1) is 0 Å². The van der Waals surface area contributed by atoms with Crippen LogP contribution in [-0.2, 0) is 0 Å². The highest BCUT2D eigenvalue weighted by atomic mass is 79.9. The van der Waals surface area contributed by atoms with Crippen molar-refractivity contribution in [3.8, 4) is 5.75 Å². The average molecular weight is 373 g/mol. The first-order valence-electron chi connectivity index (χ1n) is 6.15. The van der Waals surface area contributed by atoms with Crippen LogP contribution in [0.3, 0.4) is 0 Å². The minimum Gasteiger partial charge on any atom is -0.489 e. The predicted octanol–water partition coefficient (Wildman–Crippen LogP) is 5.62. The molecule has 0 bridgehead atoms. The molecule has 0 amide bonds. The summed E-state index contributed by atoms with van der Waals surface area (Å²) in [6.07, 6.45) is 0.0671. The fourth-order valence-corrected chi connectivity index (χ4v) is 3.26. The van der Waals surface area contributed by atoms with Crippen LogP contribution in [0.25, 0.3) is 0 Å². The van der Waals surface area contributed by atoms with Gasteiger partial charge in [-0.25, -0.2) is 0 Å². The molecule has 0 aliphatic heterocycles. The van der Waals surface area contributed by atoms with Gasteiger partial charge in [-0.15, -0.1) is 0 Å². The van der Waals surface area contributed by atoms with Crippen molar-refractivity contribution in [2.75, 3.05) is 5.73 Å². The van der Waals surface area contributed by atoms with Gasteiger partial charge in [0.1, 0.15) is 5.75 Å². The van der Waals surface area contributed by atoms with E-state index < -0.39 is 0 Å². The van der Waals surface area contributed by atoms with Crippen molar-refractivity contribution in [2.24, 2.45) is 0 Å². The number of hydrogen-bond acceptors (Lipinski definition) is 3. The molecule has 0 aromatic heterocycles. The Hall–Kier alpha value is -0.840. The number of benzene rings is 2. The topological polar surface area (TPSA) is 35.2 Å². The van der Waals surface area contributed by atoms with Crippen LogP contribution in [0.2, 0.25) is 5.02 Å². The van der Waals surface area contributed by atoms with Crippen molar-refractivity contribution in [1.29, 1.82) is 0 Å². The summed E-state index contributed by atoms with van der Waals surface area (Å²) in [6, 6.07) is 11.6. The second-order valence-corrected chi connectivity index (χ2v) is 6.86. The van der Waals surface area contributed by atoms with Gasteiger partial charge in [0.05, 0.1) is 11.1 Å². The van der Waals surface area contributed by atoms with E-state index in [0.717, 1.165) is 14.3 Å². The van der Waals surface area contributed by atoms with E-state index in [9.17, 15) is 0 Å². The van der Waals surface area contributed by atoms with Crippen LogP contribution < -0.4 is 10.5 Å². The lowest BCUT2D eigenvalue weighted by Gasteiger charge is -2.14. The van der Waals surface area contributed by atoms with Gasteiger partial charge in [-0.05, 0) is 54.0 Å². The number of halogens is 2. The Morgan fingerprint density at radius 1 is 1.20 bits per heavy atom. The fraction of sp³-hybridized carbons (Fsp3) is 0.200. The van der Waals surface area contributed by atoms with Crippen LogP contribution in [0.5, 0.6) is 5.75 Å². The summed E-state index contributed by atoms with van der Waals surface area (Å²) in [4.78, 5) is 2.02. The van der Waals surface area contributed by atoms with Gasteiger partial charge in [0.2, 0.25) is 0 Å². The summed E-state index contributed by atoms with van der Waals surface area (Å²) < 4.78 is 6.73. The molecule has 106 valence electrons. The van der Waals surface area contributed by atoms with E-state index in [2.05, 4.69) is 15.9 Å². The zero-order valence-corrected chi connectivity index (χ0v) is 14.3. The molecule has 2 aromatic rings. The van der Waals surface area contributed by atoms with Crippen LogP contribution >= 0.6 is 39.3 Å². The van der Waals surface area contributed by atoms with Crippen molar-refractivity contribution >= 4 is 45.0 Å². The summed E-state index contributed by atoms with van der Waals surface area (Å²) in [5, 5.41) is 0.535. The molecule has 2 nitrogen and oxygen atoms in total. The first-order valence-corrected chi connectivity index (χ1v) is 8.14. The zero-order chi connectivity index (χ0) is 14.7. The van der Waals surface area contributed by atoms with E-state index in [-0.39, 0.29) is 6.10 Å². The molecule has 20 heavy (non-hydrogen) atoms. The Balaban J connectivity index is 2.34. The van der Waals surface area contributed by atoms with E-state index in [1.54, 1.807) is 17.8 Å². The van der Waals surface area contributed by atoms with E-state index in [4.69, 9.17) is 22.1 Å². The maximum Gasteiger partial charge on any atom is 0.139 e. The molecule has 2 aromatic carbocycles. The molecule has 0 fully saturated rings. The molecule has 0 unspecified atom stereocenters. The zero-order valence-electron chi connectivity index (χ0n) is 11.2. The Labute approximate surface area is 136 Å². The molecular weight excluding hydrogens is 358 g/mol. The Kier molecular flexibility index (Phi) is 5.24. The van der Waals surface area contributed by atoms with Crippen LogP contribution in [0.15, 0.2) is 50.7 Å². The molecule has 0 aliphatic carbocycles. The molecule has 0 aliphatic rings. The summed E-state index contributed by atoms with van der Waals surface area (Å²) in [5.74, 6) is 0.658. The standard InChI is InChI=1S/C15H15BrClNOS/c1-9(2)19-13-8-15(12(18)7-11(13)17)20-14-6-4-3-5-10(14)16/h3-9H,18H2,1-2H3. The SMILES string of the molecule is CC(C)Oc1cc(Sc2ccccc2Br)c(N)cc1Cl.